The molecule has 5 nitrogen and oxygen atoms in total. The summed E-state index contributed by atoms with van der Waals surface area (Å²) in [5.41, 5.74) is 2.05. The van der Waals surface area contributed by atoms with Crippen molar-refractivity contribution in [2.45, 2.75) is 22.6 Å². The highest BCUT2D eigenvalue weighted by Crippen LogP contribution is 2.33. The summed E-state index contributed by atoms with van der Waals surface area (Å²) in [6, 6.07) is 23.9. The molecule has 0 unspecified atom stereocenters. The molecular weight excluding hydrogens is 406 g/mol. The van der Waals surface area contributed by atoms with Gasteiger partial charge in [0, 0.05) is 22.9 Å². The van der Waals surface area contributed by atoms with Crippen LogP contribution in [0.25, 0.3) is 0 Å². The largest absolute Gasteiger partial charge is 0.339 e. The number of benzene rings is 3. The summed E-state index contributed by atoms with van der Waals surface area (Å²) in [7, 11) is 0. The predicted octanol–water partition coefficient (Wildman–Crippen LogP) is 5.20. The van der Waals surface area contributed by atoms with Gasteiger partial charge in [0.25, 0.3) is 11.8 Å². The standard InChI is InChI=1S/C25H21N3O2S/c26-17-18-9-1-5-13-22(18)31-23-14-6-3-11-20(23)24(29)27-21-12-4-2-10-19(21)25(30)28-15-7-8-16-28/h1-6,9-14H,7-8,15-16H2,(H,27,29). The number of para-hydroxylation sites is 1. The molecule has 0 saturated carbocycles. The fraction of sp³-hybridized carbons (Fsp3) is 0.160. The molecule has 6 heteroatoms. The van der Waals surface area contributed by atoms with Crippen LogP contribution in [0, 0.1) is 11.3 Å². The number of amides is 2. The van der Waals surface area contributed by atoms with E-state index in [0.29, 0.717) is 22.4 Å². The molecule has 3 aromatic carbocycles. The summed E-state index contributed by atoms with van der Waals surface area (Å²) in [6.45, 7) is 1.50. The minimum absolute atomic E-state index is 0.0565. The zero-order valence-electron chi connectivity index (χ0n) is 16.9. The Balaban J connectivity index is 1.59. The maximum atomic E-state index is 13.2. The number of nitriles is 1. The molecule has 0 aliphatic carbocycles. The third-order valence-corrected chi connectivity index (χ3v) is 6.31. The normalized spacial score (nSPS) is 12.9. The van der Waals surface area contributed by atoms with Crippen LogP contribution in [0.15, 0.2) is 82.6 Å². The summed E-state index contributed by atoms with van der Waals surface area (Å²) >= 11 is 1.38. The molecule has 0 spiro atoms. The van der Waals surface area contributed by atoms with Gasteiger partial charge in [-0.1, -0.05) is 48.2 Å². The fourth-order valence-electron chi connectivity index (χ4n) is 3.57. The van der Waals surface area contributed by atoms with Crippen molar-refractivity contribution in [3.05, 3.63) is 89.5 Å². The number of anilines is 1. The Hall–Kier alpha value is -3.56. The molecule has 1 fully saturated rings. The number of hydrogen-bond acceptors (Lipinski definition) is 4. The zero-order valence-corrected chi connectivity index (χ0v) is 17.7. The van der Waals surface area contributed by atoms with Crippen molar-refractivity contribution in [3.63, 3.8) is 0 Å². The van der Waals surface area contributed by atoms with Crippen molar-refractivity contribution in [2.24, 2.45) is 0 Å². The lowest BCUT2D eigenvalue weighted by Gasteiger charge is -2.18. The van der Waals surface area contributed by atoms with Gasteiger partial charge in [0.15, 0.2) is 0 Å². The number of carbonyl (C=O) groups is 2. The molecular formula is C25H21N3O2S. The molecule has 0 radical (unpaired) electrons. The highest BCUT2D eigenvalue weighted by atomic mass is 32.2. The summed E-state index contributed by atoms with van der Waals surface area (Å²) in [5, 5.41) is 12.3. The molecule has 0 atom stereocenters. The maximum absolute atomic E-state index is 13.2. The predicted molar refractivity (Wildman–Crippen MR) is 121 cm³/mol. The van der Waals surface area contributed by atoms with E-state index in [4.69, 9.17) is 0 Å². The van der Waals surface area contributed by atoms with E-state index in [9.17, 15) is 14.9 Å². The van der Waals surface area contributed by atoms with Crippen molar-refractivity contribution in [3.8, 4) is 6.07 Å². The van der Waals surface area contributed by atoms with Crippen molar-refractivity contribution in [1.82, 2.24) is 4.90 Å². The summed E-state index contributed by atoms with van der Waals surface area (Å²) < 4.78 is 0. The second kappa shape index (κ2) is 9.50. The van der Waals surface area contributed by atoms with E-state index in [2.05, 4.69) is 11.4 Å². The maximum Gasteiger partial charge on any atom is 0.256 e. The molecule has 2 amide bonds. The van der Waals surface area contributed by atoms with Gasteiger partial charge < -0.3 is 10.2 Å². The Morgan fingerprint density at radius 3 is 2.19 bits per heavy atom. The Labute approximate surface area is 185 Å². The topological polar surface area (TPSA) is 73.2 Å². The molecule has 154 valence electrons. The van der Waals surface area contributed by atoms with Crippen LogP contribution >= 0.6 is 11.8 Å². The number of rotatable bonds is 5. The van der Waals surface area contributed by atoms with E-state index < -0.39 is 0 Å². The third kappa shape index (κ3) is 4.62. The van der Waals surface area contributed by atoms with E-state index >= 15 is 0 Å². The molecule has 1 aliphatic rings. The van der Waals surface area contributed by atoms with E-state index in [0.717, 1.165) is 35.7 Å². The van der Waals surface area contributed by atoms with Crippen LogP contribution in [0.4, 0.5) is 5.69 Å². The van der Waals surface area contributed by atoms with Gasteiger partial charge in [0.1, 0.15) is 6.07 Å². The van der Waals surface area contributed by atoms with E-state index in [1.54, 1.807) is 36.4 Å². The number of hydrogen-bond donors (Lipinski definition) is 1. The van der Waals surface area contributed by atoms with Crippen LogP contribution in [0.5, 0.6) is 0 Å². The zero-order chi connectivity index (χ0) is 21.6. The van der Waals surface area contributed by atoms with E-state index in [-0.39, 0.29) is 11.8 Å². The molecule has 1 saturated heterocycles. The van der Waals surface area contributed by atoms with Crippen molar-refractivity contribution in [2.75, 3.05) is 18.4 Å². The first kappa shape index (κ1) is 20.7. The van der Waals surface area contributed by atoms with Gasteiger partial charge in [0.05, 0.1) is 22.4 Å². The SMILES string of the molecule is N#Cc1ccccc1Sc1ccccc1C(=O)Nc1ccccc1C(=O)N1CCCC1. The van der Waals surface area contributed by atoms with E-state index in [1.807, 2.05) is 41.3 Å². The Morgan fingerprint density at radius 2 is 1.45 bits per heavy atom. The van der Waals surface area contributed by atoms with Gasteiger partial charge in [-0.05, 0) is 49.2 Å². The Morgan fingerprint density at radius 1 is 0.839 bits per heavy atom. The van der Waals surface area contributed by atoms with Gasteiger partial charge in [-0.2, -0.15) is 5.26 Å². The molecule has 31 heavy (non-hydrogen) atoms. The molecule has 4 rings (SSSR count). The first-order valence-electron chi connectivity index (χ1n) is 10.1. The highest BCUT2D eigenvalue weighted by Gasteiger charge is 2.23. The minimum Gasteiger partial charge on any atom is -0.339 e. The van der Waals surface area contributed by atoms with Crippen LogP contribution in [-0.2, 0) is 0 Å². The average molecular weight is 428 g/mol. The average Bonchev–Trinajstić information content (AvgIpc) is 3.35. The Bertz CT molecular complexity index is 1160. The van der Waals surface area contributed by atoms with Crippen LogP contribution in [0.3, 0.4) is 0 Å². The molecule has 1 heterocycles. The van der Waals surface area contributed by atoms with Gasteiger partial charge in [-0.25, -0.2) is 0 Å². The number of nitrogens with one attached hydrogen (secondary N) is 1. The molecule has 1 N–H and O–H groups in total. The van der Waals surface area contributed by atoms with Crippen molar-refractivity contribution in [1.29, 1.82) is 5.26 Å². The number of likely N-dealkylation sites (tertiary alicyclic amines) is 1. The molecule has 3 aromatic rings. The molecule has 1 aliphatic heterocycles. The van der Waals surface area contributed by atoms with Crippen molar-refractivity contribution >= 4 is 29.3 Å². The highest BCUT2D eigenvalue weighted by molar-refractivity contribution is 7.99. The number of carbonyl (C=O) groups excluding carboxylic acids is 2. The molecule has 0 bridgehead atoms. The first-order chi connectivity index (χ1) is 15.2. The lowest BCUT2D eigenvalue weighted by Crippen LogP contribution is -2.28. The quantitative estimate of drug-likeness (QED) is 0.608. The van der Waals surface area contributed by atoms with Gasteiger partial charge in [-0.15, -0.1) is 0 Å². The smallest absolute Gasteiger partial charge is 0.256 e. The molecule has 0 aromatic heterocycles. The summed E-state index contributed by atoms with van der Waals surface area (Å²) in [5.74, 6) is -0.349. The monoisotopic (exact) mass is 427 g/mol. The Kier molecular flexibility index (Phi) is 6.34. The van der Waals surface area contributed by atoms with Crippen LogP contribution in [0.1, 0.15) is 39.1 Å². The summed E-state index contributed by atoms with van der Waals surface area (Å²) in [6.07, 6.45) is 2.02. The minimum atomic E-state index is -0.292. The lowest BCUT2D eigenvalue weighted by atomic mass is 10.1. The van der Waals surface area contributed by atoms with Gasteiger partial charge in [-0.3, -0.25) is 9.59 Å². The van der Waals surface area contributed by atoms with Crippen LogP contribution in [-0.4, -0.2) is 29.8 Å². The first-order valence-corrected chi connectivity index (χ1v) is 10.9. The van der Waals surface area contributed by atoms with Gasteiger partial charge in [0.2, 0.25) is 0 Å². The van der Waals surface area contributed by atoms with Crippen LogP contribution < -0.4 is 5.32 Å². The third-order valence-electron chi connectivity index (χ3n) is 5.16. The lowest BCUT2D eigenvalue weighted by molar-refractivity contribution is 0.0794. The van der Waals surface area contributed by atoms with Crippen molar-refractivity contribution < 1.29 is 9.59 Å². The summed E-state index contributed by atoms with van der Waals surface area (Å²) in [4.78, 5) is 29.4. The van der Waals surface area contributed by atoms with Gasteiger partial charge >= 0.3 is 0 Å². The second-order valence-electron chi connectivity index (χ2n) is 7.21. The van der Waals surface area contributed by atoms with Crippen LogP contribution in [0.2, 0.25) is 0 Å². The van der Waals surface area contributed by atoms with E-state index in [1.165, 1.54) is 11.8 Å². The second-order valence-corrected chi connectivity index (χ2v) is 8.29. The number of nitrogens with zero attached hydrogens (tertiary/aromatic N) is 2. The fourth-order valence-corrected chi connectivity index (χ4v) is 4.59.